The third-order valence-electron chi connectivity index (χ3n) is 1.80. The van der Waals surface area contributed by atoms with Gasteiger partial charge in [-0.15, -0.1) is 0 Å². The van der Waals surface area contributed by atoms with Crippen LogP contribution < -0.4 is 11.2 Å². The number of hydroxylamine groups is 1. The van der Waals surface area contributed by atoms with Crippen molar-refractivity contribution in [2.45, 2.75) is 31.8 Å². The zero-order valence-electron chi connectivity index (χ0n) is 6.31. The highest BCUT2D eigenvalue weighted by Crippen LogP contribution is 2.19. The van der Waals surface area contributed by atoms with Crippen molar-refractivity contribution in [3.63, 3.8) is 0 Å². The van der Waals surface area contributed by atoms with Crippen LogP contribution in [0.2, 0.25) is 0 Å². The van der Waals surface area contributed by atoms with Gasteiger partial charge < -0.3 is 5.73 Å². The van der Waals surface area contributed by atoms with Gasteiger partial charge in [0, 0.05) is 13.1 Å². The lowest BCUT2D eigenvalue weighted by molar-refractivity contribution is -0.0188. The predicted molar refractivity (Wildman–Crippen MR) is 40.4 cm³/mol. The fourth-order valence-corrected chi connectivity index (χ4v) is 1.24. The molecule has 0 radical (unpaired) electrons. The van der Waals surface area contributed by atoms with Crippen molar-refractivity contribution in [1.29, 1.82) is 0 Å². The summed E-state index contributed by atoms with van der Waals surface area (Å²) in [5.41, 5.74) is 8.12. The molecule has 0 saturated heterocycles. The first kappa shape index (κ1) is 7.98. The average Bonchev–Trinajstić information content (AvgIpc) is 2.41. The minimum atomic E-state index is 0.451. The Balaban J connectivity index is 1.91. The van der Waals surface area contributed by atoms with Crippen LogP contribution in [0.15, 0.2) is 0 Å². The second-order valence-corrected chi connectivity index (χ2v) is 2.71. The van der Waals surface area contributed by atoms with E-state index in [1.165, 1.54) is 25.7 Å². The zero-order chi connectivity index (χ0) is 7.23. The highest BCUT2D eigenvalue weighted by atomic mass is 16.7. The maximum Gasteiger partial charge on any atom is 0.0790 e. The summed E-state index contributed by atoms with van der Waals surface area (Å²) in [5.74, 6) is 0. The minimum Gasteiger partial charge on any atom is -0.329 e. The van der Waals surface area contributed by atoms with Gasteiger partial charge in [-0.3, -0.25) is 4.84 Å². The van der Waals surface area contributed by atoms with Crippen molar-refractivity contribution < 1.29 is 4.84 Å². The lowest BCUT2D eigenvalue weighted by Crippen LogP contribution is -2.27. The van der Waals surface area contributed by atoms with E-state index in [-0.39, 0.29) is 0 Å². The van der Waals surface area contributed by atoms with E-state index in [9.17, 15) is 0 Å². The zero-order valence-corrected chi connectivity index (χ0v) is 6.31. The van der Waals surface area contributed by atoms with Crippen molar-refractivity contribution in [1.82, 2.24) is 5.48 Å². The molecule has 0 aliphatic heterocycles. The van der Waals surface area contributed by atoms with Crippen LogP contribution in [0.5, 0.6) is 0 Å². The molecule has 3 N–H and O–H groups in total. The molecular formula is C7H16N2O. The normalized spacial score (nSPS) is 20.1. The second kappa shape index (κ2) is 4.66. The number of hydrogen-bond acceptors (Lipinski definition) is 3. The molecule has 0 bridgehead atoms. The smallest absolute Gasteiger partial charge is 0.0790 e. The molecule has 1 rings (SSSR count). The summed E-state index contributed by atoms with van der Waals surface area (Å²) in [6, 6.07) is 0. The molecule has 0 unspecified atom stereocenters. The minimum absolute atomic E-state index is 0.451. The Bertz CT molecular complexity index is 81.7. The average molecular weight is 144 g/mol. The Labute approximate surface area is 61.9 Å². The number of nitrogens with two attached hydrogens (primary N) is 1. The first-order valence-electron chi connectivity index (χ1n) is 4.02. The van der Waals surface area contributed by atoms with Gasteiger partial charge in [0.05, 0.1) is 6.10 Å². The van der Waals surface area contributed by atoms with Crippen LogP contribution in [0.1, 0.15) is 25.7 Å². The van der Waals surface area contributed by atoms with Gasteiger partial charge in [0.15, 0.2) is 0 Å². The second-order valence-electron chi connectivity index (χ2n) is 2.71. The van der Waals surface area contributed by atoms with Gasteiger partial charge in [-0.25, -0.2) is 5.48 Å². The van der Waals surface area contributed by atoms with Crippen molar-refractivity contribution in [3.05, 3.63) is 0 Å². The van der Waals surface area contributed by atoms with Crippen LogP contribution >= 0.6 is 0 Å². The molecule has 0 amide bonds. The van der Waals surface area contributed by atoms with E-state index >= 15 is 0 Å². The Kier molecular flexibility index (Phi) is 3.72. The van der Waals surface area contributed by atoms with Crippen LogP contribution in [0.3, 0.4) is 0 Å². The van der Waals surface area contributed by atoms with Crippen LogP contribution in [-0.2, 0) is 4.84 Å². The van der Waals surface area contributed by atoms with Crippen LogP contribution in [-0.4, -0.2) is 19.2 Å². The van der Waals surface area contributed by atoms with Crippen LogP contribution in [0, 0.1) is 0 Å². The number of hydrogen-bond donors (Lipinski definition) is 2. The van der Waals surface area contributed by atoms with E-state index in [1.807, 2.05) is 0 Å². The Hall–Kier alpha value is -0.120. The first-order valence-corrected chi connectivity index (χ1v) is 4.02. The molecule has 0 atom stereocenters. The highest BCUT2D eigenvalue weighted by molar-refractivity contribution is 4.65. The summed E-state index contributed by atoms with van der Waals surface area (Å²) in [4.78, 5) is 5.31. The Morgan fingerprint density at radius 2 is 2.10 bits per heavy atom. The van der Waals surface area contributed by atoms with E-state index in [2.05, 4.69) is 5.48 Å². The van der Waals surface area contributed by atoms with E-state index in [1.54, 1.807) is 0 Å². The summed E-state index contributed by atoms with van der Waals surface area (Å²) in [5, 5.41) is 0. The largest absolute Gasteiger partial charge is 0.329 e. The molecule has 10 heavy (non-hydrogen) atoms. The monoisotopic (exact) mass is 144 g/mol. The SMILES string of the molecule is NCCNOC1CCCC1. The summed E-state index contributed by atoms with van der Waals surface area (Å²) in [6.45, 7) is 1.41. The van der Waals surface area contributed by atoms with E-state index in [0.717, 1.165) is 6.54 Å². The third-order valence-corrected chi connectivity index (χ3v) is 1.80. The third kappa shape index (κ3) is 2.64. The van der Waals surface area contributed by atoms with Gasteiger partial charge in [0.2, 0.25) is 0 Å². The van der Waals surface area contributed by atoms with Gasteiger partial charge in [-0.05, 0) is 12.8 Å². The van der Waals surface area contributed by atoms with Crippen molar-refractivity contribution in [2.75, 3.05) is 13.1 Å². The maximum absolute atomic E-state index is 5.31. The predicted octanol–water partition coefficient (Wildman–Crippen LogP) is 0.409. The molecule has 3 nitrogen and oxygen atoms in total. The van der Waals surface area contributed by atoms with Gasteiger partial charge in [0.1, 0.15) is 0 Å². The van der Waals surface area contributed by atoms with Crippen molar-refractivity contribution in [2.24, 2.45) is 5.73 Å². The Morgan fingerprint density at radius 1 is 1.40 bits per heavy atom. The van der Waals surface area contributed by atoms with Gasteiger partial charge >= 0.3 is 0 Å². The van der Waals surface area contributed by atoms with Gasteiger partial charge in [0.25, 0.3) is 0 Å². The van der Waals surface area contributed by atoms with Crippen LogP contribution in [0.25, 0.3) is 0 Å². The number of rotatable bonds is 4. The lowest BCUT2D eigenvalue weighted by atomic mass is 10.3. The highest BCUT2D eigenvalue weighted by Gasteiger charge is 2.14. The molecule has 60 valence electrons. The summed E-state index contributed by atoms with van der Waals surface area (Å²) < 4.78 is 0. The molecule has 3 heteroatoms. The molecule has 0 spiro atoms. The van der Waals surface area contributed by atoms with E-state index in [4.69, 9.17) is 10.6 Å². The first-order chi connectivity index (χ1) is 4.93. The standard InChI is InChI=1S/C7H16N2O/c8-5-6-9-10-7-3-1-2-4-7/h7,9H,1-6,8H2. The molecule has 0 aromatic rings. The van der Waals surface area contributed by atoms with Gasteiger partial charge in [-0.1, -0.05) is 12.8 Å². The summed E-state index contributed by atoms with van der Waals surface area (Å²) >= 11 is 0. The van der Waals surface area contributed by atoms with Crippen molar-refractivity contribution in [3.8, 4) is 0 Å². The fourth-order valence-electron chi connectivity index (χ4n) is 1.24. The fraction of sp³-hybridized carbons (Fsp3) is 1.00. The van der Waals surface area contributed by atoms with Crippen LogP contribution in [0.4, 0.5) is 0 Å². The molecule has 0 heterocycles. The molecule has 0 aromatic carbocycles. The summed E-state index contributed by atoms with van der Waals surface area (Å²) in [7, 11) is 0. The van der Waals surface area contributed by atoms with Crippen molar-refractivity contribution >= 4 is 0 Å². The topological polar surface area (TPSA) is 47.3 Å². The Morgan fingerprint density at radius 3 is 2.70 bits per heavy atom. The molecular weight excluding hydrogens is 128 g/mol. The molecule has 0 aromatic heterocycles. The van der Waals surface area contributed by atoms with E-state index in [0.29, 0.717) is 12.6 Å². The number of nitrogens with one attached hydrogen (secondary N) is 1. The quantitative estimate of drug-likeness (QED) is 0.444. The molecule has 1 saturated carbocycles. The maximum atomic E-state index is 5.31. The molecule has 1 aliphatic rings. The molecule has 1 aliphatic carbocycles. The van der Waals surface area contributed by atoms with Gasteiger partial charge in [-0.2, -0.15) is 0 Å². The summed E-state index contributed by atoms with van der Waals surface area (Å²) in [6.07, 6.45) is 5.49. The van der Waals surface area contributed by atoms with E-state index < -0.39 is 0 Å². The lowest BCUT2D eigenvalue weighted by Gasteiger charge is -2.09. The molecule has 1 fully saturated rings.